The number of nitrogens with zero attached hydrogens (tertiary/aromatic N) is 2. The summed E-state index contributed by atoms with van der Waals surface area (Å²) in [4.78, 5) is 26.1. The molecule has 1 heterocycles. The Morgan fingerprint density at radius 3 is 2.67 bits per heavy atom. The van der Waals surface area contributed by atoms with Crippen molar-refractivity contribution in [2.75, 3.05) is 33.1 Å². The molecule has 86 valence electrons. The van der Waals surface area contributed by atoms with E-state index < -0.39 is 5.91 Å². The van der Waals surface area contributed by atoms with E-state index in [0.29, 0.717) is 19.1 Å². The zero-order valence-electron chi connectivity index (χ0n) is 8.99. The molecule has 0 radical (unpaired) electrons. The van der Waals surface area contributed by atoms with Crippen LogP contribution in [0.5, 0.6) is 0 Å². The first-order chi connectivity index (χ1) is 7.04. The summed E-state index contributed by atoms with van der Waals surface area (Å²) in [7, 11) is 3.96. The van der Waals surface area contributed by atoms with Gasteiger partial charge in [0.15, 0.2) is 0 Å². The maximum Gasteiger partial charge on any atom is 0.324 e. The smallest absolute Gasteiger partial charge is 0.323 e. The lowest BCUT2D eigenvalue weighted by Gasteiger charge is -2.20. The SMILES string of the molecule is CN(C)C1CCN(C(=O)NC(=O)CCl)C1. The van der Waals surface area contributed by atoms with Crippen LogP contribution < -0.4 is 5.32 Å². The van der Waals surface area contributed by atoms with Gasteiger partial charge in [0, 0.05) is 19.1 Å². The van der Waals surface area contributed by atoms with Crippen molar-refractivity contribution < 1.29 is 9.59 Å². The second-order valence-corrected chi connectivity index (χ2v) is 4.11. The summed E-state index contributed by atoms with van der Waals surface area (Å²) in [5, 5.41) is 2.23. The van der Waals surface area contributed by atoms with Crippen molar-refractivity contribution in [3.05, 3.63) is 0 Å². The van der Waals surface area contributed by atoms with E-state index in [0.717, 1.165) is 6.42 Å². The number of imide groups is 1. The zero-order chi connectivity index (χ0) is 11.4. The largest absolute Gasteiger partial charge is 0.324 e. The maximum atomic E-state index is 11.5. The summed E-state index contributed by atoms with van der Waals surface area (Å²) in [5.41, 5.74) is 0. The Kier molecular flexibility index (Phi) is 4.35. The third-order valence-corrected chi connectivity index (χ3v) is 2.79. The molecular formula is C9H16ClN3O2. The standard InChI is InChI=1S/C9H16ClN3O2/c1-12(2)7-3-4-13(6-7)9(15)11-8(14)5-10/h7H,3-6H2,1-2H3,(H,11,14,15). The van der Waals surface area contributed by atoms with E-state index in [1.54, 1.807) is 4.90 Å². The molecule has 1 unspecified atom stereocenters. The molecule has 1 aliphatic rings. The minimum absolute atomic E-state index is 0.184. The average Bonchev–Trinajstić information content (AvgIpc) is 2.66. The highest BCUT2D eigenvalue weighted by atomic mass is 35.5. The van der Waals surface area contributed by atoms with Crippen LogP contribution in [-0.2, 0) is 4.79 Å². The van der Waals surface area contributed by atoms with E-state index in [1.165, 1.54) is 0 Å². The number of hydrogen-bond donors (Lipinski definition) is 1. The number of carbonyl (C=O) groups excluding carboxylic acids is 2. The Balaban J connectivity index is 2.40. The number of urea groups is 1. The molecule has 15 heavy (non-hydrogen) atoms. The number of amides is 3. The third-order valence-electron chi connectivity index (χ3n) is 2.55. The molecule has 0 bridgehead atoms. The molecule has 0 aliphatic carbocycles. The topological polar surface area (TPSA) is 52.6 Å². The first-order valence-corrected chi connectivity index (χ1v) is 5.39. The Morgan fingerprint density at radius 2 is 2.20 bits per heavy atom. The molecular weight excluding hydrogens is 218 g/mol. The van der Waals surface area contributed by atoms with Crippen molar-refractivity contribution in [2.45, 2.75) is 12.5 Å². The number of halogens is 1. The number of alkyl halides is 1. The lowest BCUT2D eigenvalue weighted by atomic mass is 10.2. The molecule has 1 saturated heterocycles. The molecule has 0 aromatic heterocycles. The summed E-state index contributed by atoms with van der Waals surface area (Å²) >= 11 is 5.29. The molecule has 5 nitrogen and oxygen atoms in total. The van der Waals surface area contributed by atoms with Gasteiger partial charge in [0.05, 0.1) is 0 Å². The predicted molar refractivity (Wildman–Crippen MR) is 57.9 cm³/mol. The van der Waals surface area contributed by atoms with Crippen LogP contribution >= 0.6 is 11.6 Å². The monoisotopic (exact) mass is 233 g/mol. The van der Waals surface area contributed by atoms with Gasteiger partial charge in [-0.3, -0.25) is 10.1 Å². The van der Waals surface area contributed by atoms with Gasteiger partial charge in [-0.2, -0.15) is 0 Å². The Labute approximate surface area is 94.3 Å². The number of hydrogen-bond acceptors (Lipinski definition) is 3. The van der Waals surface area contributed by atoms with Gasteiger partial charge in [0.1, 0.15) is 5.88 Å². The van der Waals surface area contributed by atoms with Gasteiger partial charge in [-0.1, -0.05) is 0 Å². The van der Waals surface area contributed by atoms with Crippen LogP contribution in [0, 0.1) is 0 Å². The van der Waals surface area contributed by atoms with Gasteiger partial charge in [-0.05, 0) is 20.5 Å². The number of rotatable bonds is 2. The lowest BCUT2D eigenvalue weighted by Crippen LogP contribution is -2.43. The van der Waals surface area contributed by atoms with Crippen molar-refractivity contribution in [2.24, 2.45) is 0 Å². The minimum Gasteiger partial charge on any atom is -0.323 e. The van der Waals surface area contributed by atoms with Crippen LogP contribution in [0.2, 0.25) is 0 Å². The number of likely N-dealkylation sites (tertiary alicyclic amines) is 1. The minimum atomic E-state index is -0.449. The fourth-order valence-electron chi connectivity index (χ4n) is 1.58. The van der Waals surface area contributed by atoms with Crippen LogP contribution in [0.1, 0.15) is 6.42 Å². The first kappa shape index (κ1) is 12.3. The van der Waals surface area contributed by atoms with Crippen molar-refractivity contribution >= 4 is 23.5 Å². The van der Waals surface area contributed by atoms with Crippen molar-refractivity contribution in [3.8, 4) is 0 Å². The van der Waals surface area contributed by atoms with Crippen molar-refractivity contribution in [1.82, 2.24) is 15.1 Å². The first-order valence-electron chi connectivity index (χ1n) is 4.85. The van der Waals surface area contributed by atoms with E-state index in [4.69, 9.17) is 11.6 Å². The Hall–Kier alpha value is -0.810. The van der Waals surface area contributed by atoms with Crippen LogP contribution in [0.15, 0.2) is 0 Å². The maximum absolute atomic E-state index is 11.5. The Morgan fingerprint density at radius 1 is 1.53 bits per heavy atom. The molecule has 3 amide bonds. The van der Waals surface area contributed by atoms with Crippen LogP contribution in [0.25, 0.3) is 0 Å². The van der Waals surface area contributed by atoms with Crippen LogP contribution in [0.3, 0.4) is 0 Å². The highest BCUT2D eigenvalue weighted by molar-refractivity contribution is 6.28. The molecule has 0 spiro atoms. The average molecular weight is 234 g/mol. The van der Waals surface area contributed by atoms with Gasteiger partial charge in [0.2, 0.25) is 5.91 Å². The summed E-state index contributed by atoms with van der Waals surface area (Å²) in [5.74, 6) is -0.633. The van der Waals surface area contributed by atoms with Gasteiger partial charge >= 0.3 is 6.03 Å². The van der Waals surface area contributed by atoms with Gasteiger partial charge < -0.3 is 9.80 Å². The van der Waals surface area contributed by atoms with E-state index in [9.17, 15) is 9.59 Å². The van der Waals surface area contributed by atoms with Crippen LogP contribution in [0.4, 0.5) is 4.79 Å². The van der Waals surface area contributed by atoms with E-state index in [1.807, 2.05) is 14.1 Å². The third kappa shape index (κ3) is 3.35. The summed E-state index contributed by atoms with van der Waals surface area (Å²) in [6.45, 7) is 1.35. The van der Waals surface area contributed by atoms with Gasteiger partial charge in [-0.15, -0.1) is 11.6 Å². The second-order valence-electron chi connectivity index (χ2n) is 3.84. The second kappa shape index (κ2) is 5.32. The lowest BCUT2D eigenvalue weighted by molar-refractivity contribution is -0.117. The molecule has 6 heteroatoms. The van der Waals surface area contributed by atoms with Crippen molar-refractivity contribution in [3.63, 3.8) is 0 Å². The summed E-state index contributed by atoms with van der Waals surface area (Å²) in [6, 6.07) is 0.0341. The Bertz CT molecular complexity index is 258. The fraction of sp³-hybridized carbons (Fsp3) is 0.778. The van der Waals surface area contributed by atoms with Gasteiger partial charge in [0.25, 0.3) is 0 Å². The summed E-state index contributed by atoms with van der Waals surface area (Å²) in [6.07, 6.45) is 0.940. The molecule has 1 fully saturated rings. The number of carbonyl (C=O) groups is 2. The van der Waals surface area contributed by atoms with E-state index >= 15 is 0 Å². The molecule has 1 atom stereocenters. The highest BCUT2D eigenvalue weighted by Crippen LogP contribution is 2.12. The predicted octanol–water partition coefficient (Wildman–Crippen LogP) is 0.0973. The van der Waals surface area contributed by atoms with E-state index in [-0.39, 0.29) is 11.9 Å². The van der Waals surface area contributed by atoms with Crippen molar-refractivity contribution in [1.29, 1.82) is 0 Å². The number of likely N-dealkylation sites (N-methyl/N-ethyl adjacent to an activating group) is 1. The van der Waals surface area contributed by atoms with Crippen LogP contribution in [-0.4, -0.2) is 60.8 Å². The van der Waals surface area contributed by atoms with Gasteiger partial charge in [-0.25, -0.2) is 4.79 Å². The highest BCUT2D eigenvalue weighted by Gasteiger charge is 2.27. The molecule has 0 aromatic rings. The fourth-order valence-corrected chi connectivity index (χ4v) is 1.65. The molecule has 1 aliphatic heterocycles. The zero-order valence-corrected chi connectivity index (χ0v) is 9.75. The molecule has 0 aromatic carbocycles. The summed E-state index contributed by atoms with van der Waals surface area (Å²) < 4.78 is 0. The molecule has 1 rings (SSSR count). The normalized spacial score (nSPS) is 20.8. The molecule has 0 saturated carbocycles. The van der Waals surface area contributed by atoms with E-state index in [2.05, 4.69) is 10.2 Å². The quantitative estimate of drug-likeness (QED) is 0.689. The number of nitrogens with one attached hydrogen (secondary N) is 1. The molecule has 1 N–H and O–H groups in total.